The van der Waals surface area contributed by atoms with E-state index in [2.05, 4.69) is 12.1 Å². The van der Waals surface area contributed by atoms with E-state index in [0.29, 0.717) is 36.2 Å². The van der Waals surface area contributed by atoms with Crippen LogP contribution in [0.3, 0.4) is 0 Å². The van der Waals surface area contributed by atoms with Crippen LogP contribution in [-0.4, -0.2) is 53.8 Å². The van der Waals surface area contributed by atoms with Gasteiger partial charge < -0.3 is 14.5 Å². The molecule has 0 saturated carbocycles. The summed E-state index contributed by atoms with van der Waals surface area (Å²) in [6.45, 7) is 4.29. The maximum absolute atomic E-state index is 13.1. The third-order valence-electron chi connectivity index (χ3n) is 7.93. The highest BCUT2D eigenvalue weighted by Gasteiger charge is 2.33. The first kappa shape index (κ1) is 25.7. The van der Waals surface area contributed by atoms with Gasteiger partial charge in [-0.25, -0.2) is 0 Å². The van der Waals surface area contributed by atoms with E-state index in [1.165, 1.54) is 6.92 Å². The fourth-order valence-corrected chi connectivity index (χ4v) is 5.82. The monoisotopic (exact) mass is 510 g/mol. The molecule has 0 unspecified atom stereocenters. The summed E-state index contributed by atoms with van der Waals surface area (Å²) in [6.07, 6.45) is 3.92. The van der Waals surface area contributed by atoms with Crippen molar-refractivity contribution in [3.05, 3.63) is 90.0 Å². The van der Waals surface area contributed by atoms with Crippen molar-refractivity contribution in [3.8, 4) is 16.9 Å². The van der Waals surface area contributed by atoms with Crippen molar-refractivity contribution in [3.63, 3.8) is 0 Å². The van der Waals surface area contributed by atoms with Crippen LogP contribution >= 0.6 is 0 Å². The van der Waals surface area contributed by atoms with Gasteiger partial charge in [-0.15, -0.1) is 0 Å². The number of para-hydroxylation sites is 1. The number of esters is 1. The SMILES string of the molecule is CC(=O)Oc1ccccc1C(=O)N1CCC(C2CCN(C(=O)c3ccc(-c4ccccc4)cc3)CC2)CC1. The summed E-state index contributed by atoms with van der Waals surface area (Å²) in [7, 11) is 0. The number of benzene rings is 3. The third kappa shape index (κ3) is 5.80. The van der Waals surface area contributed by atoms with Gasteiger partial charge in [-0.3, -0.25) is 14.4 Å². The summed E-state index contributed by atoms with van der Waals surface area (Å²) >= 11 is 0. The number of carbonyl (C=O) groups is 3. The molecule has 0 N–H and O–H groups in total. The van der Waals surface area contributed by atoms with Crippen LogP contribution in [0.5, 0.6) is 5.75 Å². The molecule has 3 aromatic carbocycles. The Morgan fingerprint density at radius 3 is 1.71 bits per heavy atom. The number of piperidine rings is 2. The Labute approximate surface area is 224 Å². The Hall–Kier alpha value is -3.93. The molecule has 0 bridgehead atoms. The predicted molar refractivity (Wildman–Crippen MR) is 147 cm³/mol. The first-order valence-electron chi connectivity index (χ1n) is 13.5. The van der Waals surface area contributed by atoms with E-state index in [0.717, 1.165) is 55.5 Å². The van der Waals surface area contributed by atoms with Crippen molar-refractivity contribution in [1.82, 2.24) is 9.80 Å². The highest BCUT2D eigenvalue weighted by atomic mass is 16.5. The molecule has 0 radical (unpaired) electrons. The summed E-state index contributed by atoms with van der Waals surface area (Å²) in [5.74, 6) is 1.04. The Balaban J connectivity index is 1.12. The van der Waals surface area contributed by atoms with E-state index < -0.39 is 5.97 Å². The lowest BCUT2D eigenvalue weighted by molar-refractivity contribution is -0.131. The second-order valence-corrected chi connectivity index (χ2v) is 10.3. The Morgan fingerprint density at radius 1 is 0.632 bits per heavy atom. The molecule has 3 aromatic rings. The van der Waals surface area contributed by atoms with Gasteiger partial charge in [0.25, 0.3) is 11.8 Å². The molecule has 0 atom stereocenters. The molecular formula is C32H34N2O4. The summed E-state index contributed by atoms with van der Waals surface area (Å²) in [5.41, 5.74) is 3.43. The van der Waals surface area contributed by atoms with Crippen LogP contribution in [0.1, 0.15) is 53.3 Å². The second-order valence-electron chi connectivity index (χ2n) is 10.3. The summed E-state index contributed by atoms with van der Waals surface area (Å²) < 4.78 is 5.24. The average Bonchev–Trinajstić information content (AvgIpc) is 2.97. The second kappa shape index (κ2) is 11.6. The summed E-state index contributed by atoms with van der Waals surface area (Å²) in [4.78, 5) is 41.5. The highest BCUT2D eigenvalue weighted by molar-refractivity contribution is 5.97. The molecule has 196 valence electrons. The number of carbonyl (C=O) groups excluding carboxylic acids is 3. The molecule has 2 saturated heterocycles. The van der Waals surface area contributed by atoms with Gasteiger partial charge in [0, 0.05) is 38.7 Å². The van der Waals surface area contributed by atoms with Crippen molar-refractivity contribution in [1.29, 1.82) is 0 Å². The van der Waals surface area contributed by atoms with Crippen molar-refractivity contribution in [2.24, 2.45) is 11.8 Å². The van der Waals surface area contributed by atoms with Crippen LogP contribution in [0.4, 0.5) is 0 Å². The van der Waals surface area contributed by atoms with Crippen molar-refractivity contribution in [2.75, 3.05) is 26.2 Å². The highest BCUT2D eigenvalue weighted by Crippen LogP contribution is 2.34. The van der Waals surface area contributed by atoms with E-state index >= 15 is 0 Å². The van der Waals surface area contributed by atoms with Crippen LogP contribution < -0.4 is 4.74 Å². The van der Waals surface area contributed by atoms with Crippen molar-refractivity contribution >= 4 is 17.8 Å². The van der Waals surface area contributed by atoms with E-state index in [1.807, 2.05) is 52.3 Å². The van der Waals surface area contributed by atoms with Gasteiger partial charge in [-0.2, -0.15) is 0 Å². The first-order valence-corrected chi connectivity index (χ1v) is 13.5. The minimum atomic E-state index is -0.432. The van der Waals surface area contributed by atoms with Gasteiger partial charge in [-0.1, -0.05) is 54.6 Å². The maximum Gasteiger partial charge on any atom is 0.308 e. The van der Waals surface area contributed by atoms with Gasteiger partial charge in [0.05, 0.1) is 5.56 Å². The topological polar surface area (TPSA) is 66.9 Å². The standard InChI is InChI=1S/C32H34N2O4/c1-23(35)38-30-10-6-5-9-29(30)32(37)34-21-17-27(18-22-34)26-15-19-33(20-16-26)31(36)28-13-11-25(12-14-28)24-7-3-2-4-8-24/h2-14,26-27H,15-22H2,1H3. The zero-order valence-electron chi connectivity index (χ0n) is 21.8. The smallest absolute Gasteiger partial charge is 0.308 e. The minimum absolute atomic E-state index is 0.0843. The molecule has 6 heteroatoms. The lowest BCUT2D eigenvalue weighted by atomic mass is 9.78. The van der Waals surface area contributed by atoms with Crippen LogP contribution in [0.15, 0.2) is 78.9 Å². The summed E-state index contributed by atoms with van der Waals surface area (Å²) in [6, 6.07) is 25.0. The van der Waals surface area contributed by atoms with Crippen molar-refractivity contribution < 1.29 is 19.1 Å². The lowest BCUT2D eigenvalue weighted by Gasteiger charge is -2.40. The fraction of sp³-hybridized carbons (Fsp3) is 0.344. The van der Waals surface area contributed by atoms with Crippen LogP contribution in [-0.2, 0) is 4.79 Å². The lowest BCUT2D eigenvalue weighted by Crippen LogP contribution is -2.44. The molecule has 5 rings (SSSR count). The molecule has 0 spiro atoms. The number of rotatable bonds is 5. The molecule has 2 aliphatic heterocycles. The molecule has 0 aliphatic carbocycles. The molecule has 2 amide bonds. The number of hydrogen-bond acceptors (Lipinski definition) is 4. The number of hydrogen-bond donors (Lipinski definition) is 0. The Kier molecular flexibility index (Phi) is 7.87. The van der Waals surface area contributed by atoms with Crippen LogP contribution in [0.2, 0.25) is 0 Å². The molecule has 6 nitrogen and oxygen atoms in total. The van der Waals surface area contributed by atoms with Gasteiger partial charge in [0.2, 0.25) is 0 Å². The first-order chi connectivity index (χ1) is 18.5. The zero-order valence-corrected chi connectivity index (χ0v) is 21.8. The van der Waals surface area contributed by atoms with E-state index in [9.17, 15) is 14.4 Å². The molecule has 0 aromatic heterocycles. The molecular weight excluding hydrogens is 476 g/mol. The molecule has 2 aliphatic rings. The van der Waals surface area contributed by atoms with Crippen LogP contribution in [0.25, 0.3) is 11.1 Å². The Morgan fingerprint density at radius 2 is 1.13 bits per heavy atom. The summed E-state index contributed by atoms with van der Waals surface area (Å²) in [5, 5.41) is 0. The third-order valence-corrected chi connectivity index (χ3v) is 7.93. The minimum Gasteiger partial charge on any atom is -0.426 e. The van der Waals surface area contributed by atoms with Gasteiger partial charge in [0.15, 0.2) is 0 Å². The predicted octanol–water partition coefficient (Wildman–Crippen LogP) is 5.68. The van der Waals surface area contributed by atoms with Crippen molar-refractivity contribution in [2.45, 2.75) is 32.6 Å². The number of likely N-dealkylation sites (tertiary alicyclic amines) is 2. The normalized spacial score (nSPS) is 16.8. The van der Waals surface area contributed by atoms with Crippen LogP contribution in [0, 0.1) is 11.8 Å². The molecule has 2 fully saturated rings. The zero-order chi connectivity index (χ0) is 26.5. The molecule has 2 heterocycles. The van der Waals surface area contributed by atoms with E-state index in [4.69, 9.17) is 4.74 Å². The molecule has 38 heavy (non-hydrogen) atoms. The number of nitrogens with zero attached hydrogens (tertiary/aromatic N) is 2. The number of ether oxygens (including phenoxy) is 1. The Bertz CT molecular complexity index is 1270. The average molecular weight is 511 g/mol. The van der Waals surface area contributed by atoms with Gasteiger partial charge in [-0.05, 0) is 72.9 Å². The van der Waals surface area contributed by atoms with Gasteiger partial charge >= 0.3 is 5.97 Å². The maximum atomic E-state index is 13.1. The fourth-order valence-electron chi connectivity index (χ4n) is 5.82. The van der Waals surface area contributed by atoms with E-state index in [1.54, 1.807) is 24.3 Å². The largest absolute Gasteiger partial charge is 0.426 e. The number of amides is 2. The van der Waals surface area contributed by atoms with E-state index in [-0.39, 0.29) is 11.8 Å². The van der Waals surface area contributed by atoms with Gasteiger partial charge in [0.1, 0.15) is 5.75 Å². The quantitative estimate of drug-likeness (QED) is 0.327.